The quantitative estimate of drug-likeness (QED) is 0.822. The van der Waals surface area contributed by atoms with Gasteiger partial charge in [-0.1, -0.05) is 12.1 Å². The summed E-state index contributed by atoms with van der Waals surface area (Å²) >= 11 is 0. The van der Waals surface area contributed by atoms with Crippen molar-refractivity contribution < 1.29 is 22.7 Å². The number of carbonyl (C=O) groups is 1. The van der Waals surface area contributed by atoms with E-state index in [1.165, 1.54) is 23.9 Å². The zero-order valence-corrected chi connectivity index (χ0v) is 13.4. The van der Waals surface area contributed by atoms with E-state index in [2.05, 4.69) is 10.4 Å². The summed E-state index contributed by atoms with van der Waals surface area (Å²) in [7, 11) is 1.52. The molecule has 0 fully saturated rings. The number of nitrogens with one attached hydrogen (secondary N) is 1. The summed E-state index contributed by atoms with van der Waals surface area (Å²) in [6.45, 7) is 2.92. The molecule has 1 aromatic carbocycles. The number of amides is 1. The van der Waals surface area contributed by atoms with Gasteiger partial charge in [0.1, 0.15) is 0 Å². The van der Waals surface area contributed by atoms with Crippen molar-refractivity contribution >= 4 is 5.91 Å². The van der Waals surface area contributed by atoms with Crippen molar-refractivity contribution in [1.29, 1.82) is 0 Å². The minimum Gasteiger partial charge on any atom is -0.383 e. The third-order valence-electron chi connectivity index (χ3n) is 3.39. The summed E-state index contributed by atoms with van der Waals surface area (Å²) < 4.78 is 45.0. The largest absolute Gasteiger partial charge is 0.416 e. The number of ether oxygens (including phenoxy) is 1. The van der Waals surface area contributed by atoms with Gasteiger partial charge in [0.05, 0.1) is 17.9 Å². The van der Waals surface area contributed by atoms with Crippen LogP contribution >= 0.6 is 0 Å². The molecule has 0 aliphatic carbocycles. The van der Waals surface area contributed by atoms with Gasteiger partial charge in [0.15, 0.2) is 5.69 Å². The number of rotatable bonds is 6. The van der Waals surface area contributed by atoms with Gasteiger partial charge in [-0.05, 0) is 25.1 Å². The summed E-state index contributed by atoms with van der Waals surface area (Å²) in [4.78, 5) is 12.0. The fourth-order valence-electron chi connectivity index (χ4n) is 2.21. The van der Waals surface area contributed by atoms with Gasteiger partial charge in [0.25, 0.3) is 5.91 Å². The number of benzene rings is 1. The van der Waals surface area contributed by atoms with E-state index >= 15 is 0 Å². The van der Waals surface area contributed by atoms with Crippen LogP contribution in [-0.4, -0.2) is 35.9 Å². The first-order chi connectivity index (χ1) is 11.4. The van der Waals surface area contributed by atoms with Crippen molar-refractivity contribution in [2.75, 3.05) is 20.3 Å². The lowest BCUT2D eigenvalue weighted by Gasteiger charge is -2.09. The molecule has 2 rings (SSSR count). The Kier molecular flexibility index (Phi) is 5.61. The summed E-state index contributed by atoms with van der Waals surface area (Å²) in [5.74, 6) is -0.396. The smallest absolute Gasteiger partial charge is 0.383 e. The highest BCUT2D eigenvalue weighted by atomic mass is 19.4. The molecule has 130 valence electrons. The van der Waals surface area contributed by atoms with Gasteiger partial charge in [0.2, 0.25) is 0 Å². The number of aryl methyl sites for hydroxylation is 1. The van der Waals surface area contributed by atoms with Crippen LogP contribution in [0.1, 0.15) is 23.0 Å². The topological polar surface area (TPSA) is 56.2 Å². The van der Waals surface area contributed by atoms with Crippen molar-refractivity contribution in [3.05, 3.63) is 41.6 Å². The van der Waals surface area contributed by atoms with E-state index in [9.17, 15) is 18.0 Å². The van der Waals surface area contributed by atoms with Gasteiger partial charge in [-0.2, -0.15) is 18.3 Å². The minimum atomic E-state index is -4.42. The Labute approximate surface area is 137 Å². The molecule has 0 bridgehead atoms. The molecule has 0 spiro atoms. The van der Waals surface area contributed by atoms with E-state index < -0.39 is 17.6 Å². The van der Waals surface area contributed by atoms with Crippen LogP contribution < -0.4 is 5.32 Å². The first-order valence-electron chi connectivity index (χ1n) is 7.39. The highest BCUT2D eigenvalue weighted by molar-refractivity contribution is 5.93. The van der Waals surface area contributed by atoms with Gasteiger partial charge in [0, 0.05) is 25.8 Å². The fraction of sp³-hybridized carbons (Fsp3) is 0.375. The highest BCUT2D eigenvalue weighted by Crippen LogP contribution is 2.32. The molecule has 0 unspecified atom stereocenters. The number of alkyl halides is 3. The molecule has 0 aliphatic heterocycles. The van der Waals surface area contributed by atoms with Gasteiger partial charge >= 0.3 is 6.18 Å². The molecule has 1 amide bonds. The number of methoxy groups -OCH3 is 1. The first-order valence-corrected chi connectivity index (χ1v) is 7.39. The lowest BCUT2D eigenvalue weighted by Crippen LogP contribution is -2.27. The van der Waals surface area contributed by atoms with Crippen LogP contribution in [0.15, 0.2) is 30.3 Å². The molecule has 24 heavy (non-hydrogen) atoms. The van der Waals surface area contributed by atoms with Gasteiger partial charge in [-0.15, -0.1) is 0 Å². The van der Waals surface area contributed by atoms with Crippen molar-refractivity contribution in [3.8, 4) is 11.3 Å². The zero-order chi connectivity index (χ0) is 17.7. The lowest BCUT2D eigenvalue weighted by molar-refractivity contribution is -0.137. The zero-order valence-electron chi connectivity index (χ0n) is 13.4. The second-order valence-corrected chi connectivity index (χ2v) is 5.06. The molecule has 2 aromatic rings. The Morgan fingerprint density at radius 2 is 2.08 bits per heavy atom. The third kappa shape index (κ3) is 4.14. The predicted octanol–water partition coefficient (Wildman–Crippen LogP) is 2.97. The molecular formula is C16H18F3N3O2. The van der Waals surface area contributed by atoms with E-state index in [1.807, 2.05) is 0 Å². The van der Waals surface area contributed by atoms with Gasteiger partial charge in [-0.3, -0.25) is 9.48 Å². The van der Waals surface area contributed by atoms with Crippen molar-refractivity contribution in [2.45, 2.75) is 19.6 Å². The molecule has 1 heterocycles. The molecule has 0 atom stereocenters. The Balaban J connectivity index is 2.32. The summed E-state index contributed by atoms with van der Waals surface area (Å²) in [5, 5.41) is 6.79. The standard InChI is InChI=1S/C16H18F3N3O2/c1-3-22-14(10-13(21-22)15(23)20-7-8-24-2)11-5-4-6-12(9-11)16(17,18)19/h4-6,9-10H,3,7-8H2,1-2H3,(H,20,23). The van der Waals surface area contributed by atoms with E-state index in [0.29, 0.717) is 31.0 Å². The lowest BCUT2D eigenvalue weighted by atomic mass is 10.1. The number of carbonyl (C=O) groups excluding carboxylic acids is 1. The van der Waals surface area contributed by atoms with E-state index in [4.69, 9.17) is 4.74 Å². The maximum Gasteiger partial charge on any atom is 0.416 e. The summed E-state index contributed by atoms with van der Waals surface area (Å²) in [6.07, 6.45) is -4.42. The number of hydrogen-bond donors (Lipinski definition) is 1. The van der Waals surface area contributed by atoms with Crippen LogP contribution in [0.5, 0.6) is 0 Å². The molecule has 5 nitrogen and oxygen atoms in total. The monoisotopic (exact) mass is 341 g/mol. The first kappa shape index (κ1) is 18.0. The predicted molar refractivity (Wildman–Crippen MR) is 82.5 cm³/mol. The molecule has 0 saturated heterocycles. The third-order valence-corrected chi connectivity index (χ3v) is 3.39. The molecular weight excluding hydrogens is 323 g/mol. The molecule has 8 heteroatoms. The SMILES string of the molecule is CCn1nc(C(=O)NCCOC)cc1-c1cccc(C(F)(F)F)c1. The van der Waals surface area contributed by atoms with Crippen LogP contribution in [-0.2, 0) is 17.5 Å². The van der Waals surface area contributed by atoms with Gasteiger partial charge in [-0.25, -0.2) is 0 Å². The van der Waals surface area contributed by atoms with Crippen LogP contribution in [0, 0.1) is 0 Å². The summed E-state index contributed by atoms with van der Waals surface area (Å²) in [5.41, 5.74) is 0.228. The van der Waals surface area contributed by atoms with E-state index in [0.717, 1.165) is 12.1 Å². The number of aromatic nitrogens is 2. The number of nitrogens with zero attached hydrogens (tertiary/aromatic N) is 2. The Morgan fingerprint density at radius 1 is 1.33 bits per heavy atom. The molecule has 1 aromatic heterocycles. The van der Waals surface area contributed by atoms with Crippen LogP contribution in [0.3, 0.4) is 0 Å². The normalized spacial score (nSPS) is 11.5. The van der Waals surface area contributed by atoms with Crippen molar-refractivity contribution in [3.63, 3.8) is 0 Å². The van der Waals surface area contributed by atoms with Crippen LogP contribution in [0.4, 0.5) is 13.2 Å². The van der Waals surface area contributed by atoms with Crippen LogP contribution in [0.2, 0.25) is 0 Å². The summed E-state index contributed by atoms with van der Waals surface area (Å²) in [6, 6.07) is 6.44. The average Bonchev–Trinajstić information content (AvgIpc) is 2.99. The average molecular weight is 341 g/mol. The molecule has 1 N–H and O–H groups in total. The van der Waals surface area contributed by atoms with Crippen LogP contribution in [0.25, 0.3) is 11.3 Å². The van der Waals surface area contributed by atoms with E-state index in [1.54, 1.807) is 13.0 Å². The van der Waals surface area contributed by atoms with Crippen molar-refractivity contribution in [2.24, 2.45) is 0 Å². The van der Waals surface area contributed by atoms with E-state index in [-0.39, 0.29) is 5.69 Å². The second-order valence-electron chi connectivity index (χ2n) is 5.06. The maximum atomic E-state index is 12.9. The minimum absolute atomic E-state index is 0.153. The molecule has 0 radical (unpaired) electrons. The number of halogens is 3. The maximum absolute atomic E-state index is 12.9. The molecule has 0 aliphatic rings. The highest BCUT2D eigenvalue weighted by Gasteiger charge is 2.30. The Morgan fingerprint density at radius 3 is 2.71 bits per heavy atom. The second kappa shape index (κ2) is 7.48. The Hall–Kier alpha value is -2.35. The van der Waals surface area contributed by atoms with Gasteiger partial charge < -0.3 is 10.1 Å². The Bertz CT molecular complexity index is 711. The van der Waals surface area contributed by atoms with Crippen molar-refractivity contribution in [1.82, 2.24) is 15.1 Å². The number of hydrogen-bond acceptors (Lipinski definition) is 3. The fourth-order valence-corrected chi connectivity index (χ4v) is 2.21. The molecule has 0 saturated carbocycles.